The Morgan fingerprint density at radius 2 is 1.91 bits per heavy atom. The van der Waals surface area contributed by atoms with E-state index in [4.69, 9.17) is 10.00 Å². The highest BCUT2D eigenvalue weighted by Crippen LogP contribution is 2.18. The monoisotopic (exact) mass is 329 g/mol. The van der Waals surface area contributed by atoms with Gasteiger partial charge in [-0.15, -0.1) is 0 Å². The summed E-state index contributed by atoms with van der Waals surface area (Å²) in [4.78, 5) is 12.2. The number of hydrogen-bond acceptors (Lipinski definition) is 5. The quantitative estimate of drug-likeness (QED) is 0.805. The van der Waals surface area contributed by atoms with E-state index in [0.29, 0.717) is 16.7 Å². The van der Waals surface area contributed by atoms with Crippen LogP contribution >= 0.6 is 0 Å². The second kappa shape index (κ2) is 6.63. The minimum absolute atomic E-state index is 0.0509. The molecule has 2 rings (SSSR count). The van der Waals surface area contributed by atoms with Crippen molar-refractivity contribution in [2.75, 3.05) is 6.26 Å². The van der Waals surface area contributed by atoms with Gasteiger partial charge in [-0.1, -0.05) is 24.3 Å². The Balaban J connectivity index is 2.21. The van der Waals surface area contributed by atoms with Gasteiger partial charge in [-0.05, 0) is 30.7 Å². The van der Waals surface area contributed by atoms with E-state index in [-0.39, 0.29) is 17.1 Å². The number of nitrogens with zero attached hydrogens (tertiary/aromatic N) is 1. The van der Waals surface area contributed by atoms with Crippen molar-refractivity contribution in [2.45, 2.75) is 18.4 Å². The molecule has 0 atom stereocenters. The van der Waals surface area contributed by atoms with Crippen LogP contribution in [0.25, 0.3) is 0 Å². The van der Waals surface area contributed by atoms with Gasteiger partial charge in [0.2, 0.25) is 0 Å². The first kappa shape index (κ1) is 16.7. The minimum Gasteiger partial charge on any atom is -0.457 e. The van der Waals surface area contributed by atoms with Crippen LogP contribution in [0.3, 0.4) is 0 Å². The molecule has 0 spiro atoms. The molecule has 0 bridgehead atoms. The summed E-state index contributed by atoms with van der Waals surface area (Å²) in [7, 11) is -3.42. The highest BCUT2D eigenvalue weighted by Gasteiger charge is 2.16. The zero-order chi connectivity index (χ0) is 17.0. The number of aryl methyl sites for hydroxylation is 1. The van der Waals surface area contributed by atoms with Crippen molar-refractivity contribution in [3.8, 4) is 6.07 Å². The molecule has 0 heterocycles. The maximum absolute atomic E-state index is 12.1. The van der Waals surface area contributed by atoms with E-state index in [2.05, 4.69) is 0 Å². The maximum atomic E-state index is 12.1. The molecular weight excluding hydrogens is 314 g/mol. The Kier molecular flexibility index (Phi) is 4.82. The van der Waals surface area contributed by atoms with Gasteiger partial charge in [-0.2, -0.15) is 5.26 Å². The standard InChI is InChI=1S/C17H15NO4S/c1-12-7-8-13(9-16(12)23(2,20)21)17(19)22-11-15-6-4-3-5-14(15)10-18/h3-9H,11H2,1-2H3. The lowest BCUT2D eigenvalue weighted by Gasteiger charge is -2.09. The summed E-state index contributed by atoms with van der Waals surface area (Å²) < 4.78 is 28.6. The number of hydrogen-bond donors (Lipinski definition) is 0. The molecule has 0 aliphatic heterocycles. The average Bonchev–Trinajstić information content (AvgIpc) is 2.52. The van der Waals surface area contributed by atoms with Crippen LogP contribution in [-0.4, -0.2) is 20.6 Å². The number of carbonyl (C=O) groups is 1. The van der Waals surface area contributed by atoms with Gasteiger partial charge in [0, 0.05) is 11.8 Å². The summed E-state index contributed by atoms with van der Waals surface area (Å²) in [6, 6.07) is 13.2. The summed E-state index contributed by atoms with van der Waals surface area (Å²) in [6.45, 7) is 1.61. The highest BCUT2D eigenvalue weighted by atomic mass is 32.2. The summed E-state index contributed by atoms with van der Waals surface area (Å²) >= 11 is 0. The third-order valence-electron chi connectivity index (χ3n) is 3.32. The van der Waals surface area contributed by atoms with Gasteiger partial charge in [0.1, 0.15) is 6.61 Å². The van der Waals surface area contributed by atoms with Crippen LogP contribution < -0.4 is 0 Å². The van der Waals surface area contributed by atoms with Gasteiger partial charge in [0.25, 0.3) is 0 Å². The van der Waals surface area contributed by atoms with Crippen molar-refractivity contribution in [3.05, 3.63) is 64.7 Å². The number of nitriles is 1. The lowest BCUT2D eigenvalue weighted by Crippen LogP contribution is -2.08. The van der Waals surface area contributed by atoms with E-state index in [1.165, 1.54) is 12.1 Å². The van der Waals surface area contributed by atoms with Crippen LogP contribution in [0.15, 0.2) is 47.4 Å². The zero-order valence-electron chi connectivity index (χ0n) is 12.7. The van der Waals surface area contributed by atoms with Gasteiger partial charge in [0.15, 0.2) is 9.84 Å². The van der Waals surface area contributed by atoms with Crippen LogP contribution in [0.4, 0.5) is 0 Å². The third-order valence-corrected chi connectivity index (χ3v) is 4.56. The van der Waals surface area contributed by atoms with Gasteiger partial charge in [-0.3, -0.25) is 0 Å². The number of sulfone groups is 1. The molecule has 0 aliphatic carbocycles. The van der Waals surface area contributed by atoms with Crippen molar-refractivity contribution in [1.82, 2.24) is 0 Å². The fraction of sp³-hybridized carbons (Fsp3) is 0.176. The smallest absolute Gasteiger partial charge is 0.338 e. The van der Waals surface area contributed by atoms with Crippen molar-refractivity contribution in [3.63, 3.8) is 0 Å². The van der Waals surface area contributed by atoms with Crippen LogP contribution in [-0.2, 0) is 21.2 Å². The Hall–Kier alpha value is -2.65. The van der Waals surface area contributed by atoms with Crippen molar-refractivity contribution in [2.24, 2.45) is 0 Å². The first-order valence-corrected chi connectivity index (χ1v) is 8.68. The molecular formula is C17H15NO4S. The molecule has 23 heavy (non-hydrogen) atoms. The predicted molar refractivity (Wildman–Crippen MR) is 84.6 cm³/mol. The first-order chi connectivity index (χ1) is 10.8. The SMILES string of the molecule is Cc1ccc(C(=O)OCc2ccccc2C#N)cc1S(C)(=O)=O. The molecule has 118 valence electrons. The fourth-order valence-corrected chi connectivity index (χ4v) is 3.10. The van der Waals surface area contributed by atoms with E-state index >= 15 is 0 Å². The topological polar surface area (TPSA) is 84.2 Å². The molecule has 0 fully saturated rings. The first-order valence-electron chi connectivity index (χ1n) is 6.79. The number of rotatable bonds is 4. The number of esters is 1. The van der Waals surface area contributed by atoms with Gasteiger partial charge in [-0.25, -0.2) is 13.2 Å². The minimum atomic E-state index is -3.42. The van der Waals surface area contributed by atoms with Gasteiger partial charge >= 0.3 is 5.97 Å². The summed E-state index contributed by atoms with van der Waals surface area (Å²) in [5, 5.41) is 9.00. The van der Waals surface area contributed by atoms with E-state index in [1.807, 2.05) is 6.07 Å². The molecule has 0 N–H and O–H groups in total. The van der Waals surface area contributed by atoms with Crippen molar-refractivity contribution >= 4 is 15.8 Å². The molecule has 5 nitrogen and oxygen atoms in total. The number of benzene rings is 2. The normalized spacial score (nSPS) is 10.8. The van der Waals surface area contributed by atoms with E-state index in [0.717, 1.165) is 6.26 Å². The Bertz CT molecular complexity index is 895. The molecule has 0 aliphatic rings. The van der Waals surface area contributed by atoms with Crippen LogP contribution in [0.1, 0.15) is 27.0 Å². The van der Waals surface area contributed by atoms with Crippen LogP contribution in [0, 0.1) is 18.3 Å². The third kappa shape index (κ3) is 3.96. The van der Waals surface area contributed by atoms with E-state index in [9.17, 15) is 13.2 Å². The average molecular weight is 329 g/mol. The second-order valence-corrected chi connectivity index (χ2v) is 7.08. The largest absolute Gasteiger partial charge is 0.457 e. The molecule has 6 heteroatoms. The van der Waals surface area contributed by atoms with Gasteiger partial charge in [0.05, 0.1) is 22.1 Å². The van der Waals surface area contributed by atoms with Crippen molar-refractivity contribution < 1.29 is 17.9 Å². The summed E-state index contributed by atoms with van der Waals surface area (Å²) in [5.74, 6) is -0.636. The van der Waals surface area contributed by atoms with E-state index in [1.54, 1.807) is 37.3 Å². The Morgan fingerprint density at radius 1 is 1.22 bits per heavy atom. The summed E-state index contributed by atoms with van der Waals surface area (Å²) in [5.41, 5.74) is 1.75. The molecule has 0 unspecified atom stereocenters. The lowest BCUT2D eigenvalue weighted by molar-refractivity contribution is 0.0472. The molecule has 0 saturated heterocycles. The molecule has 0 saturated carbocycles. The van der Waals surface area contributed by atoms with Crippen LogP contribution in [0.5, 0.6) is 0 Å². The Morgan fingerprint density at radius 3 is 2.57 bits per heavy atom. The zero-order valence-corrected chi connectivity index (χ0v) is 13.6. The van der Waals surface area contributed by atoms with Crippen LogP contribution in [0.2, 0.25) is 0 Å². The van der Waals surface area contributed by atoms with E-state index < -0.39 is 15.8 Å². The van der Waals surface area contributed by atoms with Gasteiger partial charge < -0.3 is 4.74 Å². The number of ether oxygens (including phenoxy) is 1. The maximum Gasteiger partial charge on any atom is 0.338 e. The number of carbonyl (C=O) groups excluding carboxylic acids is 1. The highest BCUT2D eigenvalue weighted by molar-refractivity contribution is 7.90. The second-order valence-electron chi connectivity index (χ2n) is 5.10. The lowest BCUT2D eigenvalue weighted by atomic mass is 10.1. The fourth-order valence-electron chi connectivity index (χ4n) is 2.11. The molecule has 0 radical (unpaired) electrons. The molecule has 0 aromatic heterocycles. The Labute approximate surface area is 135 Å². The molecule has 2 aromatic rings. The molecule has 2 aromatic carbocycles. The summed E-state index contributed by atoms with van der Waals surface area (Å²) in [6.07, 6.45) is 1.09. The van der Waals surface area contributed by atoms with Crippen molar-refractivity contribution in [1.29, 1.82) is 5.26 Å². The molecule has 0 amide bonds. The predicted octanol–water partition coefficient (Wildman–Crippen LogP) is 2.63.